The highest BCUT2D eigenvalue weighted by Crippen LogP contribution is 2.32. The van der Waals surface area contributed by atoms with Crippen molar-refractivity contribution in [1.29, 1.82) is 0 Å². The summed E-state index contributed by atoms with van der Waals surface area (Å²) in [5.41, 5.74) is -1.42. The summed E-state index contributed by atoms with van der Waals surface area (Å²) >= 11 is 5.70. The van der Waals surface area contributed by atoms with Crippen LogP contribution in [0.1, 0.15) is 51.8 Å². The van der Waals surface area contributed by atoms with E-state index in [1.54, 1.807) is 0 Å². The van der Waals surface area contributed by atoms with Crippen LogP contribution in [0.3, 0.4) is 0 Å². The van der Waals surface area contributed by atoms with Crippen molar-refractivity contribution in [2.24, 2.45) is 0 Å². The van der Waals surface area contributed by atoms with Gasteiger partial charge in [-0.05, 0) is 42.1 Å². The number of halogens is 3. The molecular weight excluding hydrogens is 442 g/mol. The third-order valence-electron chi connectivity index (χ3n) is 5.25. The molecule has 2 atom stereocenters. The van der Waals surface area contributed by atoms with Crippen LogP contribution >= 0.6 is 11.6 Å². The van der Waals surface area contributed by atoms with Gasteiger partial charge < -0.3 is 4.90 Å². The Morgan fingerprint density at radius 2 is 1.97 bits per heavy atom. The van der Waals surface area contributed by atoms with Crippen molar-refractivity contribution in [3.05, 3.63) is 69.7 Å². The monoisotopic (exact) mass is 464 g/mol. The Balaban J connectivity index is 1.63. The fraction of sp³-hybridized carbons (Fsp3) is 0.304. The Bertz CT molecular complexity index is 1290. The highest BCUT2D eigenvalue weighted by Gasteiger charge is 2.41. The Hall–Kier alpha value is -3.13. The summed E-state index contributed by atoms with van der Waals surface area (Å²) in [6.45, 7) is -1.56. The second kappa shape index (κ2) is 8.43. The lowest BCUT2D eigenvalue weighted by Crippen LogP contribution is -2.52. The number of imide groups is 1. The molecule has 1 N–H and O–H groups in total. The Morgan fingerprint density at radius 3 is 2.66 bits per heavy atom. The molecule has 1 saturated heterocycles. The Morgan fingerprint density at radius 1 is 1.25 bits per heavy atom. The van der Waals surface area contributed by atoms with Crippen LogP contribution < -0.4 is 5.32 Å². The van der Waals surface area contributed by atoms with Crippen LogP contribution in [0, 0.1) is 0 Å². The van der Waals surface area contributed by atoms with Crippen LogP contribution in [0.15, 0.2) is 42.4 Å². The number of carbonyl (C=O) groups excluding carboxylic acids is 4. The van der Waals surface area contributed by atoms with Crippen molar-refractivity contribution in [2.75, 3.05) is 0 Å². The molecule has 6 nitrogen and oxygen atoms in total. The number of benzene rings is 2. The fourth-order valence-electron chi connectivity index (χ4n) is 3.52. The maximum atomic E-state index is 14.7. The lowest BCUT2D eigenvalue weighted by atomic mass is 9.97. The van der Waals surface area contributed by atoms with Crippen molar-refractivity contribution in [2.45, 2.75) is 44.1 Å². The van der Waals surface area contributed by atoms with Gasteiger partial charge in [0.15, 0.2) is 0 Å². The number of fused-ring (bicyclic) bond motifs is 1. The summed E-state index contributed by atoms with van der Waals surface area (Å²) in [6.07, 6.45) is -4.07. The van der Waals surface area contributed by atoms with Gasteiger partial charge >= 0.3 is 5.92 Å². The summed E-state index contributed by atoms with van der Waals surface area (Å²) in [5.74, 6) is -7.77. The molecule has 32 heavy (non-hydrogen) atoms. The number of alkyl halides is 2. The summed E-state index contributed by atoms with van der Waals surface area (Å²) in [4.78, 5) is 50.0. The second-order valence-corrected chi connectivity index (χ2v) is 7.80. The van der Waals surface area contributed by atoms with Crippen molar-refractivity contribution < 1.29 is 33.4 Å². The van der Waals surface area contributed by atoms with Crippen LogP contribution in [0.25, 0.3) is 0 Å². The predicted molar refractivity (Wildman–Crippen MR) is 111 cm³/mol. The normalized spacial score (nSPS) is 23.1. The SMILES string of the molecule is [2H]c1c(C([2H])([2H])CC(=O)C(F)(F)c2ccc(Cl)cc2)ccc2c1C([2H])N(C1CCC(=O)NC1=O)C2=O. The van der Waals surface area contributed by atoms with E-state index in [0.29, 0.717) is 0 Å². The standard InChI is InChI=1S/C23H19ClF2N2O4/c24-16-5-3-15(4-6-16)23(25,26)19(29)9-2-13-1-7-17-14(11-13)12-28(22(17)32)18-8-10-20(30)27-21(18)31/h1,3-7,11,18H,2,8-10,12H2,(H,27,30,31)/i2D2,11D,12D. The van der Waals surface area contributed by atoms with Gasteiger partial charge in [-0.25, -0.2) is 0 Å². The van der Waals surface area contributed by atoms with E-state index in [0.717, 1.165) is 29.2 Å². The van der Waals surface area contributed by atoms with Crippen LogP contribution in [-0.2, 0) is 33.2 Å². The number of aryl methyl sites for hydroxylation is 1. The molecular formula is C23H19ClF2N2O4. The lowest BCUT2D eigenvalue weighted by Gasteiger charge is -2.29. The van der Waals surface area contributed by atoms with Crippen LogP contribution in [0.2, 0.25) is 5.02 Å². The summed E-state index contributed by atoms with van der Waals surface area (Å²) in [7, 11) is 0. The van der Waals surface area contributed by atoms with Crippen molar-refractivity contribution in [1.82, 2.24) is 10.2 Å². The predicted octanol–water partition coefficient (Wildman–Crippen LogP) is 3.39. The number of ketones is 1. The molecule has 0 bridgehead atoms. The van der Waals surface area contributed by atoms with Gasteiger partial charge in [-0.1, -0.05) is 35.8 Å². The number of piperidine rings is 1. The second-order valence-electron chi connectivity index (χ2n) is 7.37. The van der Waals surface area contributed by atoms with Gasteiger partial charge in [0.25, 0.3) is 5.91 Å². The van der Waals surface area contributed by atoms with E-state index in [4.69, 9.17) is 17.1 Å². The van der Waals surface area contributed by atoms with Gasteiger partial charge in [-0.3, -0.25) is 24.5 Å². The van der Waals surface area contributed by atoms with Crippen LogP contribution in [-0.4, -0.2) is 34.4 Å². The molecule has 166 valence electrons. The van der Waals surface area contributed by atoms with Gasteiger partial charge in [0.1, 0.15) is 6.04 Å². The van der Waals surface area contributed by atoms with Gasteiger partial charge in [-0.15, -0.1) is 0 Å². The molecule has 0 radical (unpaired) electrons. The van der Waals surface area contributed by atoms with E-state index < -0.39 is 72.0 Å². The van der Waals surface area contributed by atoms with E-state index >= 15 is 0 Å². The number of nitrogens with one attached hydrogen (secondary N) is 1. The quantitative estimate of drug-likeness (QED) is 0.664. The smallest absolute Gasteiger partial charge is 0.322 e. The molecule has 3 amide bonds. The van der Waals surface area contributed by atoms with E-state index in [1.807, 2.05) is 0 Å². The minimum Gasteiger partial charge on any atom is -0.322 e. The fourth-order valence-corrected chi connectivity index (χ4v) is 3.65. The number of Topliss-reactive ketones (excluding diaryl/α,β-unsaturated/α-hetero) is 1. The zero-order chi connectivity index (χ0) is 26.6. The number of carbonyl (C=O) groups is 4. The first-order chi connectivity index (χ1) is 16.8. The summed E-state index contributed by atoms with van der Waals surface area (Å²) < 4.78 is 63.0. The molecule has 2 heterocycles. The average molecular weight is 465 g/mol. The van der Waals surface area contributed by atoms with E-state index in [1.165, 1.54) is 12.1 Å². The Kier molecular flexibility index (Phi) is 4.59. The summed E-state index contributed by atoms with van der Waals surface area (Å²) in [6, 6.07) is 4.74. The van der Waals surface area contributed by atoms with Crippen molar-refractivity contribution >= 4 is 35.1 Å². The average Bonchev–Trinajstić information content (AvgIpc) is 3.04. The largest absolute Gasteiger partial charge is 0.330 e. The molecule has 1 fully saturated rings. The van der Waals surface area contributed by atoms with Crippen molar-refractivity contribution in [3.63, 3.8) is 0 Å². The van der Waals surface area contributed by atoms with Gasteiger partial charge in [0, 0.05) is 38.3 Å². The van der Waals surface area contributed by atoms with E-state index in [9.17, 15) is 28.0 Å². The molecule has 4 rings (SSSR count). The molecule has 0 aromatic heterocycles. The number of nitrogens with zero attached hydrogens (tertiary/aromatic N) is 1. The highest BCUT2D eigenvalue weighted by atomic mass is 35.5. The lowest BCUT2D eigenvalue weighted by molar-refractivity contribution is -0.144. The number of amides is 3. The minimum atomic E-state index is -4.02. The summed E-state index contributed by atoms with van der Waals surface area (Å²) in [5, 5.41) is 2.28. The number of hydrogen-bond donors (Lipinski definition) is 1. The molecule has 2 aliphatic rings. The Labute approximate surface area is 193 Å². The first-order valence-electron chi connectivity index (χ1n) is 11.7. The molecule has 2 aromatic rings. The van der Waals surface area contributed by atoms with E-state index in [2.05, 4.69) is 5.32 Å². The molecule has 2 aromatic carbocycles. The highest BCUT2D eigenvalue weighted by molar-refractivity contribution is 6.30. The maximum Gasteiger partial charge on any atom is 0.330 e. The molecule has 0 saturated carbocycles. The van der Waals surface area contributed by atoms with Gasteiger partial charge in [0.05, 0.1) is 2.74 Å². The van der Waals surface area contributed by atoms with Crippen LogP contribution in [0.4, 0.5) is 8.78 Å². The molecule has 2 unspecified atom stereocenters. The first kappa shape index (κ1) is 17.4. The van der Waals surface area contributed by atoms with Crippen LogP contribution in [0.5, 0.6) is 0 Å². The van der Waals surface area contributed by atoms with Gasteiger partial charge in [-0.2, -0.15) is 8.78 Å². The zero-order valence-corrected chi connectivity index (χ0v) is 17.2. The topological polar surface area (TPSA) is 83.6 Å². The molecule has 0 aliphatic carbocycles. The molecule has 0 spiro atoms. The molecule has 2 aliphatic heterocycles. The van der Waals surface area contributed by atoms with Crippen molar-refractivity contribution in [3.8, 4) is 0 Å². The maximum absolute atomic E-state index is 14.7. The third kappa shape index (κ3) is 4.14. The minimum absolute atomic E-state index is 0.0188. The van der Waals surface area contributed by atoms with E-state index in [-0.39, 0.29) is 29.0 Å². The first-order valence-corrected chi connectivity index (χ1v) is 10.0. The van der Waals surface area contributed by atoms with Gasteiger partial charge in [0.2, 0.25) is 17.6 Å². The number of rotatable bonds is 6. The number of hydrogen-bond acceptors (Lipinski definition) is 4. The molecule has 9 heteroatoms. The third-order valence-corrected chi connectivity index (χ3v) is 5.50. The zero-order valence-electron chi connectivity index (χ0n) is 20.5.